The lowest BCUT2D eigenvalue weighted by Gasteiger charge is -2.26. The molecule has 6 nitrogen and oxygen atoms in total. The molecule has 0 saturated carbocycles. The fourth-order valence-electron chi connectivity index (χ4n) is 3.70. The van der Waals surface area contributed by atoms with Crippen LogP contribution >= 0.6 is 0 Å². The third kappa shape index (κ3) is 6.55. The summed E-state index contributed by atoms with van der Waals surface area (Å²) in [4.78, 5) is 14.6. The maximum atomic E-state index is 12.1. The van der Waals surface area contributed by atoms with Crippen LogP contribution in [-0.4, -0.2) is 57.0 Å². The Balaban J connectivity index is 1.64. The molecule has 1 aliphatic rings. The zero-order chi connectivity index (χ0) is 21.2. The van der Waals surface area contributed by atoms with E-state index in [4.69, 9.17) is 9.47 Å². The van der Waals surface area contributed by atoms with Gasteiger partial charge < -0.3 is 20.1 Å². The molecule has 3 rings (SSSR count). The minimum atomic E-state index is -0.0258. The van der Waals surface area contributed by atoms with Crippen molar-refractivity contribution in [2.45, 2.75) is 31.9 Å². The summed E-state index contributed by atoms with van der Waals surface area (Å²) in [5, 5.41) is 6.57. The van der Waals surface area contributed by atoms with Crippen LogP contribution in [0.4, 0.5) is 5.69 Å². The first-order valence-electron chi connectivity index (χ1n) is 10.7. The van der Waals surface area contributed by atoms with Gasteiger partial charge in [-0.1, -0.05) is 37.3 Å². The SMILES string of the molecule is CCCNC(=O)c1ccc(NC(CN2CCC(OCOC)C2)c2ccccc2)cc1. The van der Waals surface area contributed by atoms with Crippen molar-refractivity contribution in [2.24, 2.45) is 0 Å². The quantitative estimate of drug-likeness (QED) is 0.553. The number of benzene rings is 2. The van der Waals surface area contributed by atoms with E-state index in [9.17, 15) is 4.79 Å². The molecule has 1 fully saturated rings. The third-order valence-corrected chi connectivity index (χ3v) is 5.32. The minimum Gasteiger partial charge on any atom is -0.377 e. The largest absolute Gasteiger partial charge is 0.377 e. The van der Waals surface area contributed by atoms with Crippen LogP contribution in [0.3, 0.4) is 0 Å². The molecule has 2 atom stereocenters. The summed E-state index contributed by atoms with van der Waals surface area (Å²) < 4.78 is 10.8. The van der Waals surface area contributed by atoms with E-state index >= 15 is 0 Å². The van der Waals surface area contributed by atoms with Gasteiger partial charge in [-0.05, 0) is 42.7 Å². The molecule has 0 radical (unpaired) electrons. The van der Waals surface area contributed by atoms with Crippen molar-refractivity contribution in [1.29, 1.82) is 0 Å². The van der Waals surface area contributed by atoms with E-state index in [0.29, 0.717) is 18.9 Å². The Hall–Kier alpha value is -2.41. The zero-order valence-electron chi connectivity index (χ0n) is 18.0. The molecule has 1 amide bonds. The van der Waals surface area contributed by atoms with Crippen LogP contribution in [-0.2, 0) is 9.47 Å². The van der Waals surface area contributed by atoms with Crippen LogP contribution in [0, 0.1) is 0 Å². The van der Waals surface area contributed by atoms with Gasteiger partial charge in [-0.25, -0.2) is 0 Å². The second kappa shape index (κ2) is 11.7. The Morgan fingerprint density at radius 1 is 1.17 bits per heavy atom. The third-order valence-electron chi connectivity index (χ3n) is 5.32. The molecule has 0 bridgehead atoms. The van der Waals surface area contributed by atoms with Crippen LogP contribution in [0.2, 0.25) is 0 Å². The van der Waals surface area contributed by atoms with Gasteiger partial charge in [0.25, 0.3) is 5.91 Å². The molecule has 162 valence electrons. The van der Waals surface area contributed by atoms with E-state index in [2.05, 4.69) is 39.8 Å². The topological polar surface area (TPSA) is 62.8 Å². The van der Waals surface area contributed by atoms with Crippen LogP contribution in [0.25, 0.3) is 0 Å². The molecule has 2 unspecified atom stereocenters. The van der Waals surface area contributed by atoms with Crippen LogP contribution in [0.1, 0.15) is 41.7 Å². The van der Waals surface area contributed by atoms with Gasteiger partial charge in [-0.15, -0.1) is 0 Å². The van der Waals surface area contributed by atoms with Crippen molar-refractivity contribution in [1.82, 2.24) is 10.2 Å². The fourth-order valence-corrected chi connectivity index (χ4v) is 3.70. The number of rotatable bonds is 11. The smallest absolute Gasteiger partial charge is 0.251 e. The van der Waals surface area contributed by atoms with Gasteiger partial charge in [-0.2, -0.15) is 0 Å². The summed E-state index contributed by atoms with van der Waals surface area (Å²) in [7, 11) is 1.65. The molecule has 2 aromatic carbocycles. The lowest BCUT2D eigenvalue weighted by molar-refractivity contribution is -0.0671. The maximum Gasteiger partial charge on any atom is 0.251 e. The fraction of sp³-hybridized carbons (Fsp3) is 0.458. The van der Waals surface area contributed by atoms with Crippen molar-refractivity contribution in [3.05, 3.63) is 65.7 Å². The Morgan fingerprint density at radius 2 is 1.93 bits per heavy atom. The van der Waals surface area contributed by atoms with E-state index in [1.54, 1.807) is 7.11 Å². The van der Waals surface area contributed by atoms with Crippen LogP contribution in [0.5, 0.6) is 0 Å². The maximum absolute atomic E-state index is 12.1. The molecule has 2 aromatic rings. The number of nitrogens with zero attached hydrogens (tertiary/aromatic N) is 1. The number of likely N-dealkylation sites (tertiary alicyclic amines) is 1. The number of hydrogen-bond acceptors (Lipinski definition) is 5. The van der Waals surface area contributed by atoms with Crippen LogP contribution < -0.4 is 10.6 Å². The minimum absolute atomic E-state index is 0.0258. The van der Waals surface area contributed by atoms with E-state index < -0.39 is 0 Å². The molecule has 2 N–H and O–H groups in total. The number of hydrogen-bond donors (Lipinski definition) is 2. The lowest BCUT2D eigenvalue weighted by Crippen LogP contribution is -2.31. The molecule has 0 spiro atoms. The van der Waals surface area contributed by atoms with Crippen molar-refractivity contribution in [3.63, 3.8) is 0 Å². The average Bonchev–Trinajstić information content (AvgIpc) is 3.24. The van der Waals surface area contributed by atoms with Gasteiger partial charge in [0.15, 0.2) is 0 Å². The van der Waals surface area contributed by atoms with Gasteiger partial charge in [0.05, 0.1) is 12.1 Å². The molecule has 30 heavy (non-hydrogen) atoms. The van der Waals surface area contributed by atoms with E-state index in [1.807, 2.05) is 37.3 Å². The standard InChI is InChI=1S/C24H33N3O3/c1-3-14-25-24(28)20-9-11-21(12-10-20)26-23(19-7-5-4-6-8-19)17-27-15-13-22(16-27)30-18-29-2/h4-12,22-23,26H,3,13-18H2,1-2H3,(H,25,28). The number of carbonyl (C=O) groups is 1. The number of ether oxygens (including phenoxy) is 2. The molecular formula is C24H33N3O3. The number of nitrogens with one attached hydrogen (secondary N) is 2. The monoisotopic (exact) mass is 411 g/mol. The lowest BCUT2D eigenvalue weighted by atomic mass is 10.1. The highest BCUT2D eigenvalue weighted by Crippen LogP contribution is 2.24. The molecule has 1 saturated heterocycles. The first-order chi connectivity index (χ1) is 14.7. The van der Waals surface area contributed by atoms with Crippen LogP contribution in [0.15, 0.2) is 54.6 Å². The van der Waals surface area contributed by atoms with Gasteiger partial charge in [-0.3, -0.25) is 9.69 Å². The average molecular weight is 412 g/mol. The zero-order valence-corrected chi connectivity index (χ0v) is 18.0. The first-order valence-corrected chi connectivity index (χ1v) is 10.7. The van der Waals surface area contributed by atoms with Crippen molar-refractivity contribution < 1.29 is 14.3 Å². The van der Waals surface area contributed by atoms with Gasteiger partial charge >= 0.3 is 0 Å². The van der Waals surface area contributed by atoms with E-state index in [-0.39, 0.29) is 18.1 Å². The number of carbonyl (C=O) groups excluding carboxylic acids is 1. The molecular weight excluding hydrogens is 378 g/mol. The second-order valence-electron chi connectivity index (χ2n) is 7.68. The summed E-state index contributed by atoms with van der Waals surface area (Å²) in [5.41, 5.74) is 2.92. The molecule has 1 aliphatic heterocycles. The number of methoxy groups -OCH3 is 1. The summed E-state index contributed by atoms with van der Waals surface area (Å²) in [6.07, 6.45) is 2.17. The second-order valence-corrected chi connectivity index (χ2v) is 7.68. The Bertz CT molecular complexity index is 767. The predicted octanol–water partition coefficient (Wildman–Crippen LogP) is 3.67. The number of anilines is 1. The summed E-state index contributed by atoms with van der Waals surface area (Å²) in [6, 6.07) is 18.3. The Labute approximate surface area is 179 Å². The highest BCUT2D eigenvalue weighted by atomic mass is 16.7. The Kier molecular flexibility index (Phi) is 8.68. The summed E-state index contributed by atoms with van der Waals surface area (Å²) >= 11 is 0. The van der Waals surface area contributed by atoms with Crippen molar-refractivity contribution in [3.8, 4) is 0 Å². The molecule has 0 aromatic heterocycles. The number of amides is 1. The highest BCUT2D eigenvalue weighted by molar-refractivity contribution is 5.94. The van der Waals surface area contributed by atoms with Gasteiger partial charge in [0, 0.05) is 44.5 Å². The Morgan fingerprint density at radius 3 is 2.63 bits per heavy atom. The van der Waals surface area contributed by atoms with E-state index in [1.165, 1.54) is 5.56 Å². The molecule has 0 aliphatic carbocycles. The van der Waals surface area contributed by atoms with Gasteiger partial charge in [0.2, 0.25) is 0 Å². The molecule has 6 heteroatoms. The first kappa shape index (κ1) is 22.3. The highest BCUT2D eigenvalue weighted by Gasteiger charge is 2.26. The summed E-state index contributed by atoms with van der Waals surface area (Å²) in [5.74, 6) is -0.0258. The summed E-state index contributed by atoms with van der Waals surface area (Å²) in [6.45, 7) is 5.89. The van der Waals surface area contributed by atoms with Gasteiger partial charge in [0.1, 0.15) is 6.79 Å². The van der Waals surface area contributed by atoms with E-state index in [0.717, 1.165) is 38.2 Å². The van der Waals surface area contributed by atoms with Crippen molar-refractivity contribution in [2.75, 3.05) is 45.4 Å². The molecule has 1 heterocycles. The van der Waals surface area contributed by atoms with Crippen molar-refractivity contribution >= 4 is 11.6 Å². The predicted molar refractivity (Wildman–Crippen MR) is 120 cm³/mol. The normalized spacial score (nSPS) is 17.6.